The van der Waals surface area contributed by atoms with E-state index in [0.29, 0.717) is 25.6 Å². The Balaban J connectivity index is 2.30. The van der Waals surface area contributed by atoms with E-state index < -0.39 is 10.8 Å². The molecule has 2 N–H and O–H groups in total. The largest absolute Gasteiger partial charge is 0.338 e. The van der Waals surface area contributed by atoms with Crippen LogP contribution in [0.5, 0.6) is 0 Å². The number of nitrogens with zero attached hydrogens (tertiary/aromatic N) is 2. The van der Waals surface area contributed by atoms with Gasteiger partial charge in [0, 0.05) is 19.2 Å². The lowest BCUT2D eigenvalue weighted by atomic mass is 9.87. The van der Waals surface area contributed by atoms with Crippen LogP contribution in [0.15, 0.2) is 18.2 Å². The summed E-state index contributed by atoms with van der Waals surface area (Å²) in [7, 11) is 0. The first kappa shape index (κ1) is 15.7. The molecule has 2 atom stereocenters. The first-order chi connectivity index (χ1) is 9.95. The quantitative estimate of drug-likeness (QED) is 0.685. The molecule has 1 fully saturated rings. The molecule has 21 heavy (non-hydrogen) atoms. The molecule has 2 rings (SSSR count). The summed E-state index contributed by atoms with van der Waals surface area (Å²) >= 11 is 6.01. The number of nitrogens with two attached hydrogens (primary N) is 1. The summed E-state index contributed by atoms with van der Waals surface area (Å²) in [4.78, 5) is 24.7. The number of rotatable bonds is 3. The fourth-order valence-corrected chi connectivity index (χ4v) is 2.93. The number of benzene rings is 1. The Hall–Kier alpha value is -1.66. The first-order valence-corrected chi connectivity index (χ1v) is 7.25. The predicted molar refractivity (Wildman–Crippen MR) is 80.3 cm³/mol. The number of carbonyl (C=O) groups is 1. The second-order valence-corrected chi connectivity index (χ2v) is 5.81. The number of halogens is 1. The van der Waals surface area contributed by atoms with Crippen LogP contribution in [0.25, 0.3) is 0 Å². The van der Waals surface area contributed by atoms with Crippen molar-refractivity contribution in [2.75, 3.05) is 19.6 Å². The maximum Gasteiger partial charge on any atom is 0.283 e. The third kappa shape index (κ3) is 3.16. The molecule has 7 heteroatoms. The number of nitro benzene ring substituents is 1. The second kappa shape index (κ2) is 6.41. The number of hydrogen-bond donors (Lipinski definition) is 1. The number of amides is 1. The van der Waals surface area contributed by atoms with Crippen LogP contribution in [0.4, 0.5) is 5.69 Å². The third-order valence-corrected chi connectivity index (χ3v) is 4.42. The molecule has 1 amide bonds. The van der Waals surface area contributed by atoms with Crippen molar-refractivity contribution in [2.24, 2.45) is 17.6 Å². The van der Waals surface area contributed by atoms with Crippen LogP contribution in [0.3, 0.4) is 0 Å². The summed E-state index contributed by atoms with van der Waals surface area (Å²) in [5, 5.41) is 11.2. The fourth-order valence-electron chi connectivity index (χ4n) is 2.68. The number of piperidine rings is 1. The maximum absolute atomic E-state index is 12.6. The SMILES string of the molecule is CC1CCN(C(=O)c2c(Cl)cccc2[N+](=O)[O-])CC1CN. The van der Waals surface area contributed by atoms with Crippen molar-refractivity contribution >= 4 is 23.2 Å². The molecular weight excluding hydrogens is 294 g/mol. The molecule has 114 valence electrons. The van der Waals surface area contributed by atoms with Crippen molar-refractivity contribution in [1.82, 2.24) is 4.90 Å². The summed E-state index contributed by atoms with van der Waals surface area (Å²) < 4.78 is 0. The smallest absolute Gasteiger partial charge is 0.283 e. The van der Waals surface area contributed by atoms with Gasteiger partial charge in [0.15, 0.2) is 0 Å². The number of likely N-dealkylation sites (tertiary alicyclic amines) is 1. The van der Waals surface area contributed by atoms with Crippen LogP contribution in [0.2, 0.25) is 5.02 Å². The van der Waals surface area contributed by atoms with Gasteiger partial charge in [0.25, 0.3) is 11.6 Å². The Kier molecular flexibility index (Phi) is 4.80. The van der Waals surface area contributed by atoms with E-state index in [-0.39, 0.29) is 22.2 Å². The lowest BCUT2D eigenvalue weighted by Gasteiger charge is -2.36. The molecule has 2 unspecified atom stereocenters. The van der Waals surface area contributed by atoms with Gasteiger partial charge in [-0.25, -0.2) is 0 Å². The Morgan fingerprint density at radius 3 is 2.90 bits per heavy atom. The van der Waals surface area contributed by atoms with E-state index in [1.54, 1.807) is 4.90 Å². The number of carbonyl (C=O) groups excluding carboxylic acids is 1. The third-order valence-electron chi connectivity index (χ3n) is 4.11. The zero-order chi connectivity index (χ0) is 15.6. The van der Waals surface area contributed by atoms with Crippen LogP contribution >= 0.6 is 11.6 Å². The summed E-state index contributed by atoms with van der Waals surface area (Å²) in [5.74, 6) is 0.266. The van der Waals surface area contributed by atoms with Crippen LogP contribution in [0, 0.1) is 22.0 Å². The second-order valence-electron chi connectivity index (χ2n) is 5.40. The molecule has 1 saturated heterocycles. The molecule has 1 aromatic rings. The normalized spacial score (nSPS) is 22.1. The minimum atomic E-state index is -0.577. The lowest BCUT2D eigenvalue weighted by Crippen LogP contribution is -2.45. The molecule has 6 nitrogen and oxygen atoms in total. The van der Waals surface area contributed by atoms with Gasteiger partial charge in [-0.05, 0) is 30.9 Å². The molecule has 1 aliphatic rings. The minimum absolute atomic E-state index is 0.0329. The van der Waals surface area contributed by atoms with Gasteiger partial charge < -0.3 is 10.6 Å². The van der Waals surface area contributed by atoms with Crippen molar-refractivity contribution in [3.8, 4) is 0 Å². The van der Waals surface area contributed by atoms with E-state index in [0.717, 1.165) is 6.42 Å². The van der Waals surface area contributed by atoms with E-state index in [4.69, 9.17) is 17.3 Å². The van der Waals surface area contributed by atoms with Crippen LogP contribution in [-0.2, 0) is 0 Å². The zero-order valence-electron chi connectivity index (χ0n) is 11.8. The molecule has 0 radical (unpaired) electrons. The highest BCUT2D eigenvalue weighted by atomic mass is 35.5. The lowest BCUT2D eigenvalue weighted by molar-refractivity contribution is -0.385. The molecule has 0 bridgehead atoms. The zero-order valence-corrected chi connectivity index (χ0v) is 12.5. The fraction of sp³-hybridized carbons (Fsp3) is 0.500. The first-order valence-electron chi connectivity index (χ1n) is 6.88. The monoisotopic (exact) mass is 311 g/mol. The summed E-state index contributed by atoms with van der Waals surface area (Å²) in [6, 6.07) is 4.26. The maximum atomic E-state index is 12.6. The molecule has 1 heterocycles. The summed E-state index contributed by atoms with van der Waals surface area (Å²) in [6.07, 6.45) is 0.839. The highest BCUT2D eigenvalue weighted by Crippen LogP contribution is 2.30. The van der Waals surface area contributed by atoms with Gasteiger partial charge in [-0.15, -0.1) is 0 Å². The molecule has 0 aromatic heterocycles. The van der Waals surface area contributed by atoms with Crippen molar-refractivity contribution in [1.29, 1.82) is 0 Å². The number of hydrogen-bond acceptors (Lipinski definition) is 4. The van der Waals surface area contributed by atoms with E-state index in [9.17, 15) is 14.9 Å². The van der Waals surface area contributed by atoms with Gasteiger partial charge in [0.05, 0.1) is 9.95 Å². The van der Waals surface area contributed by atoms with Gasteiger partial charge in [-0.1, -0.05) is 24.6 Å². The molecular formula is C14H18ClN3O3. The van der Waals surface area contributed by atoms with Crippen LogP contribution in [0.1, 0.15) is 23.7 Å². The van der Waals surface area contributed by atoms with Crippen LogP contribution in [-0.4, -0.2) is 35.4 Å². The summed E-state index contributed by atoms with van der Waals surface area (Å²) in [5.41, 5.74) is 5.44. The summed E-state index contributed by atoms with van der Waals surface area (Å²) in [6.45, 7) is 3.69. The van der Waals surface area contributed by atoms with Crippen molar-refractivity contribution in [3.63, 3.8) is 0 Å². The van der Waals surface area contributed by atoms with E-state index >= 15 is 0 Å². The van der Waals surface area contributed by atoms with Gasteiger partial charge in [-0.3, -0.25) is 14.9 Å². The molecule has 0 saturated carbocycles. The number of nitro groups is 1. The topological polar surface area (TPSA) is 89.5 Å². The Bertz CT molecular complexity index is 564. The average molecular weight is 312 g/mol. The Morgan fingerprint density at radius 2 is 2.29 bits per heavy atom. The van der Waals surface area contributed by atoms with Gasteiger partial charge in [0.2, 0.25) is 0 Å². The van der Waals surface area contributed by atoms with Gasteiger partial charge in [0.1, 0.15) is 5.56 Å². The Labute approximate surface area is 128 Å². The van der Waals surface area contributed by atoms with Gasteiger partial charge >= 0.3 is 0 Å². The Morgan fingerprint density at radius 1 is 1.57 bits per heavy atom. The van der Waals surface area contributed by atoms with E-state index in [1.165, 1.54) is 18.2 Å². The van der Waals surface area contributed by atoms with Gasteiger partial charge in [-0.2, -0.15) is 0 Å². The predicted octanol–water partition coefficient (Wildman–Crippen LogP) is 2.31. The van der Waals surface area contributed by atoms with E-state index in [2.05, 4.69) is 6.92 Å². The van der Waals surface area contributed by atoms with Crippen LogP contribution < -0.4 is 5.73 Å². The van der Waals surface area contributed by atoms with E-state index in [1.807, 2.05) is 0 Å². The minimum Gasteiger partial charge on any atom is -0.338 e. The molecule has 1 aliphatic heterocycles. The molecule has 1 aromatic carbocycles. The standard InChI is InChI=1S/C14H18ClN3O3/c1-9-5-6-17(8-10(9)7-16)14(19)13-11(15)3-2-4-12(13)18(20)21/h2-4,9-10H,5-8,16H2,1H3. The molecule has 0 spiro atoms. The highest BCUT2D eigenvalue weighted by Gasteiger charge is 2.32. The van der Waals surface area contributed by atoms with Crippen molar-refractivity contribution in [3.05, 3.63) is 38.9 Å². The van der Waals surface area contributed by atoms with Crippen molar-refractivity contribution < 1.29 is 9.72 Å². The van der Waals surface area contributed by atoms with Crippen molar-refractivity contribution in [2.45, 2.75) is 13.3 Å². The molecule has 0 aliphatic carbocycles. The average Bonchev–Trinajstić information content (AvgIpc) is 2.46. The highest BCUT2D eigenvalue weighted by molar-refractivity contribution is 6.34.